The second-order valence-electron chi connectivity index (χ2n) is 23.5. The molecule has 0 spiro atoms. The molecule has 28 heteroatoms. The summed E-state index contributed by atoms with van der Waals surface area (Å²) in [7, 11) is 0. The quantitative estimate of drug-likeness (QED) is 0.0449. The minimum absolute atomic E-state index is 0.0635. The van der Waals surface area contributed by atoms with E-state index in [1.807, 2.05) is 0 Å². The summed E-state index contributed by atoms with van der Waals surface area (Å²) < 4.78 is 81.2. The molecule has 6 aliphatic heterocycles. The van der Waals surface area contributed by atoms with Crippen molar-refractivity contribution in [3.05, 3.63) is 16.7 Å². The minimum Gasteiger partial charge on any atom is -0.448 e. The number of carbonyl (C=O) groups is 3. The standard InChI is InChI=1S/C55H73N3O22S3/c1-22(59)56(23(2)60)28(65)19-81-46-40-34(69-49(7,8)75-40)31(35-41(46)76-50(9,10)70-35)55(68,32-36-42(77-51(11,12)71-36)47(43-37(32)72-52(13,14)78-43)82-20-29(66)57(24(3)61)25(4)62)33-38-44(79-53(15,16)73-38)48(45-39(33)74-54(17,18)80-45)83-21-30(67)58(26(5)63)27(6)64/h22-27,59-64,68H,19-21H2,1-18H3. The number of hydrogen-bond donors (Lipinski definition) is 7. The predicted molar refractivity (Wildman–Crippen MR) is 296 cm³/mol. The first-order valence-corrected chi connectivity index (χ1v) is 29.7. The number of rotatable bonds is 18. The number of aliphatic hydroxyl groups is 7. The molecule has 0 radical (unpaired) electrons. The van der Waals surface area contributed by atoms with E-state index in [0.29, 0.717) is 0 Å². The number of hydrogen-bond acceptors (Lipinski definition) is 25. The van der Waals surface area contributed by atoms with Gasteiger partial charge in [0.1, 0.15) is 52.1 Å². The molecule has 6 unspecified atom stereocenters. The Morgan fingerprint density at radius 2 is 0.482 bits per heavy atom. The number of fused-ring (bicyclic) bond motifs is 6. The minimum atomic E-state index is -2.97. The molecule has 0 saturated carbocycles. The van der Waals surface area contributed by atoms with E-state index < -0.39 is 113 Å². The SMILES string of the molecule is CC(O)N(C(=O)CSc1c2c(c(C(O)(c3c4c(c(SCC(=O)N(C(C)O)C(C)O)c5c3OC(C)(C)O5)OC(C)(C)O4)c3c4c(c(SCC(=O)N(C(C)O)C(C)O)c5c3OC(C)(C)O5)OC(C)(C)O4)c3c1OC(C)(C)O3)OC(C)(C)O2)C(C)O. The van der Waals surface area contributed by atoms with Gasteiger partial charge >= 0.3 is 0 Å². The number of amides is 3. The zero-order valence-electron chi connectivity index (χ0n) is 49.4. The van der Waals surface area contributed by atoms with Gasteiger partial charge in [-0.05, 0) is 41.5 Å². The average Bonchev–Trinajstić information content (AvgIpc) is 3.93. The highest BCUT2D eigenvalue weighted by atomic mass is 32.2. The Morgan fingerprint density at radius 3 is 0.627 bits per heavy atom. The fraction of sp³-hybridized carbons (Fsp3) is 0.618. The van der Waals surface area contributed by atoms with Crippen LogP contribution in [0.25, 0.3) is 0 Å². The van der Waals surface area contributed by atoms with Gasteiger partial charge in [-0.2, -0.15) is 0 Å². The molecule has 0 bridgehead atoms. The van der Waals surface area contributed by atoms with Crippen LogP contribution in [0.1, 0.15) is 141 Å². The van der Waals surface area contributed by atoms with E-state index in [1.165, 1.54) is 41.5 Å². The van der Waals surface area contributed by atoms with Crippen molar-refractivity contribution in [1.29, 1.82) is 0 Å². The maximum absolute atomic E-state index is 15.6. The summed E-state index contributed by atoms with van der Waals surface area (Å²) in [6, 6.07) is 0. The lowest BCUT2D eigenvalue weighted by atomic mass is 9.76. The Hall–Kier alpha value is -5.56. The van der Waals surface area contributed by atoms with Crippen molar-refractivity contribution in [2.24, 2.45) is 0 Å². The summed E-state index contributed by atoms with van der Waals surface area (Å²) >= 11 is 2.73. The number of thioether (sulfide) groups is 3. The highest BCUT2D eigenvalue weighted by molar-refractivity contribution is 8.00. The third-order valence-corrected chi connectivity index (χ3v) is 16.5. The molecule has 6 atom stereocenters. The van der Waals surface area contributed by atoms with E-state index >= 15 is 5.11 Å². The van der Waals surface area contributed by atoms with Crippen LogP contribution in [0.15, 0.2) is 14.7 Å². The second-order valence-corrected chi connectivity index (χ2v) is 26.4. The Bertz CT molecular complexity index is 2670. The van der Waals surface area contributed by atoms with Crippen LogP contribution in [-0.2, 0) is 20.0 Å². The van der Waals surface area contributed by atoms with Crippen LogP contribution in [0.5, 0.6) is 69.0 Å². The van der Waals surface area contributed by atoms with Crippen LogP contribution in [0.3, 0.4) is 0 Å². The Kier molecular flexibility index (Phi) is 15.6. The van der Waals surface area contributed by atoms with Gasteiger partial charge in [0.05, 0.1) is 33.9 Å². The molecule has 9 rings (SSSR count). The molecule has 83 heavy (non-hydrogen) atoms. The van der Waals surface area contributed by atoms with Gasteiger partial charge in [-0.25, -0.2) is 0 Å². The first-order valence-electron chi connectivity index (χ1n) is 26.8. The van der Waals surface area contributed by atoms with Crippen molar-refractivity contribution >= 4 is 53.0 Å². The van der Waals surface area contributed by atoms with Gasteiger partial charge in [-0.1, -0.05) is 0 Å². The molecule has 0 fully saturated rings. The maximum atomic E-state index is 15.6. The summed E-state index contributed by atoms with van der Waals surface area (Å²) in [4.78, 5) is 44.8. The predicted octanol–water partition coefficient (Wildman–Crippen LogP) is 5.81. The molecule has 0 aromatic heterocycles. The lowest BCUT2D eigenvalue weighted by Crippen LogP contribution is -2.45. The molecule has 3 aromatic rings. The number of benzene rings is 3. The van der Waals surface area contributed by atoms with Crippen molar-refractivity contribution in [3.8, 4) is 69.0 Å². The molecule has 6 aliphatic rings. The molecule has 0 aliphatic carbocycles. The van der Waals surface area contributed by atoms with Crippen LogP contribution in [-0.4, -0.2) is 158 Å². The number of nitrogens with zero attached hydrogens (tertiary/aromatic N) is 3. The third kappa shape index (κ3) is 11.1. The van der Waals surface area contributed by atoms with Crippen LogP contribution in [0.4, 0.5) is 0 Å². The van der Waals surface area contributed by atoms with E-state index in [9.17, 15) is 45.0 Å². The topological polar surface area (TPSA) is 313 Å². The van der Waals surface area contributed by atoms with Gasteiger partial charge < -0.3 is 92.6 Å². The largest absolute Gasteiger partial charge is 0.448 e. The van der Waals surface area contributed by atoms with Gasteiger partial charge in [0.15, 0.2) is 74.6 Å². The fourth-order valence-corrected chi connectivity index (χ4v) is 13.5. The Labute approximate surface area is 492 Å². The zero-order valence-corrected chi connectivity index (χ0v) is 51.9. The molecular formula is C55H73N3O22S3. The molecule has 3 amide bonds. The smallest absolute Gasteiger partial charge is 0.246 e. The van der Waals surface area contributed by atoms with E-state index in [0.717, 1.165) is 50.0 Å². The van der Waals surface area contributed by atoms with Gasteiger partial charge in [0.25, 0.3) is 0 Å². The summed E-state index contributed by atoms with van der Waals surface area (Å²) in [5, 5.41) is 79.0. The third-order valence-electron chi connectivity index (χ3n) is 13.4. The lowest BCUT2D eigenvalue weighted by Gasteiger charge is -2.35. The Balaban J connectivity index is 1.43. The van der Waals surface area contributed by atoms with Gasteiger partial charge in [0, 0.05) is 83.1 Å². The molecule has 7 N–H and O–H groups in total. The van der Waals surface area contributed by atoms with Gasteiger partial charge in [0.2, 0.25) is 52.4 Å². The van der Waals surface area contributed by atoms with E-state index in [-0.39, 0.29) is 100 Å². The van der Waals surface area contributed by atoms with Gasteiger partial charge in [-0.3, -0.25) is 29.1 Å². The number of carbonyl (C=O) groups excluding carboxylic acids is 3. The Morgan fingerprint density at radius 1 is 0.337 bits per heavy atom. The molecule has 3 aromatic carbocycles. The monoisotopic (exact) mass is 1220 g/mol. The molecule has 25 nitrogen and oxygen atoms in total. The second kappa shape index (κ2) is 20.9. The molecule has 6 heterocycles. The maximum Gasteiger partial charge on any atom is 0.246 e. The summed E-state index contributed by atoms with van der Waals surface area (Å²) in [5.74, 6) is -14.1. The fourth-order valence-electron chi connectivity index (χ4n) is 10.7. The van der Waals surface area contributed by atoms with E-state index in [4.69, 9.17) is 56.8 Å². The zero-order chi connectivity index (χ0) is 61.5. The summed E-state index contributed by atoms with van der Waals surface area (Å²) in [6.07, 6.45) is -8.32. The van der Waals surface area contributed by atoms with Crippen molar-refractivity contribution in [2.75, 3.05) is 17.3 Å². The van der Waals surface area contributed by atoms with Crippen molar-refractivity contribution in [1.82, 2.24) is 14.7 Å². The first-order chi connectivity index (χ1) is 38.1. The average molecular weight is 1220 g/mol. The van der Waals surface area contributed by atoms with E-state index in [2.05, 4.69) is 0 Å². The van der Waals surface area contributed by atoms with Crippen LogP contribution < -0.4 is 56.8 Å². The highest BCUT2D eigenvalue weighted by Crippen LogP contribution is 2.73. The van der Waals surface area contributed by atoms with Crippen molar-refractivity contribution < 1.29 is 107 Å². The van der Waals surface area contributed by atoms with Crippen LogP contribution in [0, 0.1) is 0 Å². The van der Waals surface area contributed by atoms with Crippen molar-refractivity contribution in [2.45, 2.75) is 217 Å². The van der Waals surface area contributed by atoms with Gasteiger partial charge in [-0.15, -0.1) is 35.3 Å². The van der Waals surface area contributed by atoms with Crippen LogP contribution in [0.2, 0.25) is 0 Å². The summed E-state index contributed by atoms with van der Waals surface area (Å²) in [5.41, 5.74) is -3.76. The molecule has 0 saturated heterocycles. The highest BCUT2D eigenvalue weighted by Gasteiger charge is 2.62. The number of aliphatic hydroxyl groups excluding tert-OH is 6. The lowest BCUT2D eigenvalue weighted by molar-refractivity contribution is -0.154. The van der Waals surface area contributed by atoms with E-state index in [1.54, 1.807) is 83.1 Å². The van der Waals surface area contributed by atoms with Crippen molar-refractivity contribution in [3.63, 3.8) is 0 Å². The first kappa shape index (κ1) is 62.0. The molecule has 458 valence electrons. The molecular weight excluding hydrogens is 1150 g/mol. The normalized spacial score (nSPS) is 21.4. The number of ether oxygens (including phenoxy) is 12. The summed E-state index contributed by atoms with van der Waals surface area (Å²) in [6.45, 7) is 27.2. The van der Waals surface area contributed by atoms with Crippen LogP contribution >= 0.6 is 35.3 Å².